The van der Waals surface area contributed by atoms with Gasteiger partial charge in [-0.2, -0.15) is 0 Å². The van der Waals surface area contributed by atoms with Crippen molar-refractivity contribution in [3.8, 4) is 5.75 Å². The first-order valence-corrected chi connectivity index (χ1v) is 8.00. The van der Waals surface area contributed by atoms with Crippen molar-refractivity contribution in [2.45, 2.75) is 32.1 Å². The van der Waals surface area contributed by atoms with Gasteiger partial charge in [-0.05, 0) is 44.4 Å². The van der Waals surface area contributed by atoms with Crippen molar-refractivity contribution in [3.05, 3.63) is 30.3 Å². The summed E-state index contributed by atoms with van der Waals surface area (Å²) in [5.74, 6) is 0.565. The molecule has 1 fully saturated rings. The maximum absolute atomic E-state index is 11.9. The SMILES string of the molecule is Cl.O=C(CCCCNC(=O)C1CCCNC1)Oc1ccccc1. The standard InChI is InChI=1S/C17H24N2O3.ClH/c20-16(22-15-8-2-1-3-9-15)10-4-5-12-19-17(21)14-7-6-11-18-13-14;/h1-3,8-9,14,18H,4-7,10-13H2,(H,19,21);1H. The maximum atomic E-state index is 11.9. The number of piperidine rings is 1. The van der Waals surface area contributed by atoms with Crippen molar-refractivity contribution >= 4 is 24.3 Å². The van der Waals surface area contributed by atoms with Crippen LogP contribution in [-0.4, -0.2) is 31.5 Å². The molecule has 1 aliphatic rings. The van der Waals surface area contributed by atoms with Crippen molar-refractivity contribution in [1.82, 2.24) is 10.6 Å². The quantitative estimate of drug-likeness (QED) is 0.454. The number of ether oxygens (including phenoxy) is 1. The zero-order chi connectivity index (χ0) is 15.6. The van der Waals surface area contributed by atoms with Crippen LogP contribution in [0.3, 0.4) is 0 Å². The molecule has 1 atom stereocenters. The number of benzene rings is 1. The van der Waals surface area contributed by atoms with Crippen LogP contribution in [0, 0.1) is 5.92 Å². The number of para-hydroxylation sites is 1. The summed E-state index contributed by atoms with van der Waals surface area (Å²) >= 11 is 0. The first-order valence-electron chi connectivity index (χ1n) is 8.00. The third-order valence-electron chi connectivity index (χ3n) is 3.75. The Hall–Kier alpha value is -1.59. The largest absolute Gasteiger partial charge is 0.427 e. The summed E-state index contributed by atoms with van der Waals surface area (Å²) in [6.07, 6.45) is 3.89. The lowest BCUT2D eigenvalue weighted by atomic mass is 9.99. The molecule has 0 aliphatic carbocycles. The lowest BCUT2D eigenvalue weighted by molar-refractivity contribution is -0.134. The fourth-order valence-corrected chi connectivity index (χ4v) is 2.50. The van der Waals surface area contributed by atoms with Gasteiger partial charge in [0.05, 0.1) is 5.92 Å². The van der Waals surface area contributed by atoms with Gasteiger partial charge >= 0.3 is 5.97 Å². The van der Waals surface area contributed by atoms with Crippen LogP contribution >= 0.6 is 12.4 Å². The van der Waals surface area contributed by atoms with Gasteiger partial charge in [0.25, 0.3) is 0 Å². The number of nitrogens with one attached hydrogen (secondary N) is 2. The van der Waals surface area contributed by atoms with Crippen LogP contribution < -0.4 is 15.4 Å². The van der Waals surface area contributed by atoms with Gasteiger partial charge in [0, 0.05) is 19.5 Å². The second-order valence-corrected chi connectivity index (χ2v) is 5.58. The molecular weight excluding hydrogens is 316 g/mol. The summed E-state index contributed by atoms with van der Waals surface area (Å²) in [5, 5.41) is 6.18. The second kappa shape index (κ2) is 11.0. The van der Waals surface area contributed by atoms with E-state index in [0.717, 1.165) is 38.8 Å². The predicted molar refractivity (Wildman–Crippen MR) is 91.8 cm³/mol. The minimum atomic E-state index is -0.228. The Bertz CT molecular complexity index is 476. The van der Waals surface area contributed by atoms with E-state index in [2.05, 4.69) is 10.6 Å². The monoisotopic (exact) mass is 340 g/mol. The highest BCUT2D eigenvalue weighted by Gasteiger charge is 2.20. The maximum Gasteiger partial charge on any atom is 0.311 e. The molecule has 1 amide bonds. The van der Waals surface area contributed by atoms with Crippen molar-refractivity contribution in [2.75, 3.05) is 19.6 Å². The first-order chi connectivity index (χ1) is 10.8. The summed E-state index contributed by atoms with van der Waals surface area (Å²) < 4.78 is 5.20. The summed E-state index contributed by atoms with van der Waals surface area (Å²) in [5.41, 5.74) is 0. The predicted octanol–water partition coefficient (Wildman–Crippen LogP) is 2.30. The Balaban J connectivity index is 0.00000264. The number of hydrogen-bond donors (Lipinski definition) is 2. The summed E-state index contributed by atoms with van der Waals surface area (Å²) in [6, 6.07) is 9.06. The van der Waals surface area contributed by atoms with E-state index in [1.807, 2.05) is 18.2 Å². The average Bonchev–Trinajstić information content (AvgIpc) is 2.56. The highest BCUT2D eigenvalue weighted by Crippen LogP contribution is 2.11. The molecule has 0 spiro atoms. The van der Waals surface area contributed by atoms with Crippen molar-refractivity contribution in [3.63, 3.8) is 0 Å². The number of carbonyl (C=O) groups excluding carboxylic acids is 2. The Morgan fingerprint density at radius 3 is 2.70 bits per heavy atom. The van der Waals surface area contributed by atoms with Crippen LogP contribution in [0.5, 0.6) is 5.75 Å². The molecule has 1 unspecified atom stereocenters. The molecular formula is C17H25ClN2O3. The van der Waals surface area contributed by atoms with Gasteiger partial charge in [-0.15, -0.1) is 12.4 Å². The topological polar surface area (TPSA) is 67.4 Å². The molecule has 0 aromatic heterocycles. The minimum Gasteiger partial charge on any atom is -0.427 e. The smallest absolute Gasteiger partial charge is 0.311 e. The van der Waals surface area contributed by atoms with E-state index in [9.17, 15) is 9.59 Å². The first kappa shape index (κ1) is 19.5. The fraction of sp³-hybridized carbons (Fsp3) is 0.529. The Kier molecular flexibility index (Phi) is 9.33. The number of esters is 1. The van der Waals surface area contributed by atoms with Gasteiger partial charge in [-0.1, -0.05) is 18.2 Å². The van der Waals surface area contributed by atoms with Crippen LogP contribution in [0.1, 0.15) is 32.1 Å². The van der Waals surface area contributed by atoms with Crippen LogP contribution in [0.2, 0.25) is 0 Å². The molecule has 128 valence electrons. The number of carbonyl (C=O) groups is 2. The fourth-order valence-electron chi connectivity index (χ4n) is 2.50. The highest BCUT2D eigenvalue weighted by molar-refractivity contribution is 5.85. The molecule has 1 aliphatic heterocycles. The van der Waals surface area contributed by atoms with Gasteiger partial charge in [0.15, 0.2) is 0 Å². The van der Waals surface area contributed by atoms with E-state index in [0.29, 0.717) is 18.7 Å². The van der Waals surface area contributed by atoms with E-state index in [1.165, 1.54) is 0 Å². The lowest BCUT2D eigenvalue weighted by Gasteiger charge is -2.21. The number of rotatable bonds is 7. The van der Waals surface area contributed by atoms with Crippen molar-refractivity contribution in [2.24, 2.45) is 5.92 Å². The molecule has 0 radical (unpaired) electrons. The molecule has 5 nitrogen and oxygen atoms in total. The minimum absolute atomic E-state index is 0. The molecule has 1 heterocycles. The Morgan fingerprint density at radius 1 is 1.22 bits per heavy atom. The molecule has 6 heteroatoms. The number of amides is 1. The third-order valence-corrected chi connectivity index (χ3v) is 3.75. The highest BCUT2D eigenvalue weighted by atomic mass is 35.5. The zero-order valence-corrected chi connectivity index (χ0v) is 14.1. The molecule has 2 rings (SSSR count). The molecule has 1 aromatic carbocycles. The van der Waals surface area contributed by atoms with Gasteiger partial charge in [0.2, 0.25) is 5.91 Å². The van der Waals surface area contributed by atoms with Crippen LogP contribution in [-0.2, 0) is 9.59 Å². The van der Waals surface area contributed by atoms with Crippen LogP contribution in [0.4, 0.5) is 0 Å². The molecule has 1 aromatic rings. The zero-order valence-electron chi connectivity index (χ0n) is 13.3. The molecule has 23 heavy (non-hydrogen) atoms. The summed E-state index contributed by atoms with van der Waals surface area (Å²) in [6.45, 7) is 2.40. The average molecular weight is 341 g/mol. The van der Waals surface area contributed by atoms with Crippen LogP contribution in [0.15, 0.2) is 30.3 Å². The third kappa shape index (κ3) is 7.48. The Labute approximate surface area is 143 Å². The Morgan fingerprint density at radius 2 is 2.00 bits per heavy atom. The van der Waals surface area contributed by atoms with E-state index < -0.39 is 0 Å². The molecule has 2 N–H and O–H groups in total. The van der Waals surface area contributed by atoms with Gasteiger partial charge in [-0.25, -0.2) is 0 Å². The number of hydrogen-bond acceptors (Lipinski definition) is 4. The van der Waals surface area contributed by atoms with Gasteiger partial charge in [0.1, 0.15) is 5.75 Å². The van der Waals surface area contributed by atoms with Gasteiger partial charge < -0.3 is 15.4 Å². The number of halogens is 1. The van der Waals surface area contributed by atoms with Crippen molar-refractivity contribution in [1.29, 1.82) is 0 Å². The molecule has 0 bridgehead atoms. The molecule has 0 saturated carbocycles. The van der Waals surface area contributed by atoms with E-state index in [4.69, 9.17) is 4.74 Å². The van der Waals surface area contributed by atoms with E-state index >= 15 is 0 Å². The second-order valence-electron chi connectivity index (χ2n) is 5.58. The van der Waals surface area contributed by atoms with E-state index in [-0.39, 0.29) is 30.2 Å². The summed E-state index contributed by atoms with van der Waals surface area (Å²) in [4.78, 5) is 23.5. The van der Waals surface area contributed by atoms with Crippen molar-refractivity contribution < 1.29 is 14.3 Å². The van der Waals surface area contributed by atoms with Gasteiger partial charge in [-0.3, -0.25) is 9.59 Å². The molecule has 1 saturated heterocycles. The van der Waals surface area contributed by atoms with E-state index in [1.54, 1.807) is 12.1 Å². The summed E-state index contributed by atoms with van der Waals surface area (Å²) in [7, 11) is 0. The normalized spacial score (nSPS) is 17.0. The number of unbranched alkanes of at least 4 members (excludes halogenated alkanes) is 1. The van der Waals surface area contributed by atoms with Crippen LogP contribution in [0.25, 0.3) is 0 Å². The lowest BCUT2D eigenvalue weighted by Crippen LogP contribution is -2.40.